The molecule has 0 radical (unpaired) electrons. The van der Waals surface area contributed by atoms with E-state index in [2.05, 4.69) is 4.98 Å². The Balaban J connectivity index is 2.02. The molecule has 0 fully saturated rings. The third-order valence-corrected chi connectivity index (χ3v) is 4.87. The summed E-state index contributed by atoms with van der Waals surface area (Å²) in [5.74, 6) is -2.07. The van der Waals surface area contributed by atoms with Crippen molar-refractivity contribution in [2.75, 3.05) is 0 Å². The average Bonchev–Trinajstić information content (AvgIpc) is 3.13. The van der Waals surface area contributed by atoms with Crippen LogP contribution in [0, 0.1) is 5.82 Å². The van der Waals surface area contributed by atoms with Gasteiger partial charge in [-0.15, -0.1) is 0 Å². The molecule has 6 nitrogen and oxygen atoms in total. The first-order chi connectivity index (χ1) is 12.9. The van der Waals surface area contributed by atoms with Crippen molar-refractivity contribution >= 4 is 22.5 Å². The molecule has 27 heavy (non-hydrogen) atoms. The molecule has 1 aromatic carbocycles. The lowest BCUT2D eigenvalue weighted by Crippen LogP contribution is -2.19. The summed E-state index contributed by atoms with van der Waals surface area (Å²) < 4.78 is 16.8. The minimum atomic E-state index is -0.949. The van der Waals surface area contributed by atoms with Crippen molar-refractivity contribution in [2.45, 2.75) is 12.8 Å². The van der Waals surface area contributed by atoms with E-state index >= 15 is 0 Å². The number of hydrogen-bond acceptors (Lipinski definition) is 3. The van der Waals surface area contributed by atoms with Gasteiger partial charge in [0.15, 0.2) is 0 Å². The van der Waals surface area contributed by atoms with Gasteiger partial charge in [0.1, 0.15) is 11.5 Å². The molecule has 1 atom stereocenters. The monoisotopic (exact) mass is 365 g/mol. The second kappa shape index (κ2) is 6.05. The van der Waals surface area contributed by atoms with Gasteiger partial charge in [-0.1, -0.05) is 0 Å². The highest BCUT2D eigenvalue weighted by Crippen LogP contribution is 2.27. The van der Waals surface area contributed by atoms with Gasteiger partial charge >= 0.3 is 5.97 Å². The van der Waals surface area contributed by atoms with Gasteiger partial charge < -0.3 is 14.1 Å². The number of carboxylic acids is 1. The van der Waals surface area contributed by atoms with Gasteiger partial charge in [0, 0.05) is 36.1 Å². The molecule has 0 aliphatic carbocycles. The summed E-state index contributed by atoms with van der Waals surface area (Å²) in [6.45, 7) is 1.59. The quantitative estimate of drug-likeness (QED) is 0.605. The number of carboxylic acid groups (broad SMARTS) is 1. The number of rotatable bonds is 3. The molecule has 3 heterocycles. The standard InChI is InChI=1S/C20H16FN3O3/c1-11(20(26)27)16-6-4-14(18-22-7-8-24(16)18)15-10-12-9-13(21)3-5-17(12)23(2)19(15)25/h3-11H,1-2H3,(H,26,27). The maximum absolute atomic E-state index is 13.7. The van der Waals surface area contributed by atoms with E-state index in [9.17, 15) is 19.1 Å². The molecule has 0 saturated carbocycles. The number of carbonyl (C=O) groups is 1. The molecule has 0 spiro atoms. The Bertz CT molecular complexity index is 1270. The van der Waals surface area contributed by atoms with E-state index in [1.54, 1.807) is 55.0 Å². The van der Waals surface area contributed by atoms with Gasteiger partial charge in [0.2, 0.25) is 0 Å². The Hall–Kier alpha value is -3.48. The largest absolute Gasteiger partial charge is 0.481 e. The Morgan fingerprint density at radius 1 is 1.19 bits per heavy atom. The third-order valence-electron chi connectivity index (χ3n) is 4.87. The van der Waals surface area contributed by atoms with Crippen LogP contribution in [-0.2, 0) is 11.8 Å². The fourth-order valence-electron chi connectivity index (χ4n) is 3.37. The zero-order valence-corrected chi connectivity index (χ0v) is 14.7. The molecule has 7 heteroatoms. The van der Waals surface area contributed by atoms with Crippen molar-refractivity contribution in [3.8, 4) is 11.1 Å². The average molecular weight is 365 g/mol. The van der Waals surface area contributed by atoms with E-state index in [4.69, 9.17) is 0 Å². The number of imidazole rings is 1. The molecule has 3 aromatic heterocycles. The van der Waals surface area contributed by atoms with Crippen LogP contribution in [0.5, 0.6) is 0 Å². The molecule has 1 unspecified atom stereocenters. The van der Waals surface area contributed by atoms with Crippen molar-refractivity contribution in [1.29, 1.82) is 0 Å². The second-order valence-electron chi connectivity index (χ2n) is 6.48. The van der Waals surface area contributed by atoms with E-state index in [1.165, 1.54) is 16.7 Å². The summed E-state index contributed by atoms with van der Waals surface area (Å²) in [6.07, 6.45) is 3.22. The molecule has 4 aromatic rings. The van der Waals surface area contributed by atoms with Crippen LogP contribution in [0.15, 0.2) is 53.6 Å². The van der Waals surface area contributed by atoms with Crippen LogP contribution in [0.2, 0.25) is 0 Å². The Morgan fingerprint density at radius 2 is 1.96 bits per heavy atom. The first kappa shape index (κ1) is 17.0. The predicted octanol–water partition coefficient (Wildman–Crippen LogP) is 3.18. The van der Waals surface area contributed by atoms with Gasteiger partial charge in [0.05, 0.1) is 17.0 Å². The van der Waals surface area contributed by atoms with Crippen LogP contribution in [0.3, 0.4) is 0 Å². The predicted molar refractivity (Wildman–Crippen MR) is 99.4 cm³/mol. The highest BCUT2D eigenvalue weighted by Gasteiger charge is 2.20. The topological polar surface area (TPSA) is 76.6 Å². The highest BCUT2D eigenvalue weighted by molar-refractivity contribution is 5.87. The number of aryl methyl sites for hydroxylation is 1. The molecule has 0 aliphatic rings. The van der Waals surface area contributed by atoms with E-state index in [-0.39, 0.29) is 11.4 Å². The van der Waals surface area contributed by atoms with Crippen LogP contribution in [-0.4, -0.2) is 25.0 Å². The fourth-order valence-corrected chi connectivity index (χ4v) is 3.37. The molecule has 0 saturated heterocycles. The summed E-state index contributed by atoms with van der Waals surface area (Å²) in [6, 6.07) is 9.28. The third kappa shape index (κ3) is 2.59. The van der Waals surface area contributed by atoms with E-state index < -0.39 is 11.9 Å². The van der Waals surface area contributed by atoms with Gasteiger partial charge in [-0.05, 0) is 43.3 Å². The zero-order valence-electron chi connectivity index (χ0n) is 14.7. The lowest BCUT2D eigenvalue weighted by Gasteiger charge is -2.14. The van der Waals surface area contributed by atoms with Crippen molar-refractivity contribution in [1.82, 2.24) is 14.0 Å². The molecule has 0 bridgehead atoms. The number of pyridine rings is 2. The van der Waals surface area contributed by atoms with E-state index in [0.717, 1.165) is 0 Å². The lowest BCUT2D eigenvalue weighted by atomic mass is 10.0. The molecular formula is C20H16FN3O3. The summed E-state index contributed by atoms with van der Waals surface area (Å²) >= 11 is 0. The molecule has 1 N–H and O–H groups in total. The van der Waals surface area contributed by atoms with Crippen molar-refractivity contribution < 1.29 is 14.3 Å². The summed E-state index contributed by atoms with van der Waals surface area (Å²) in [5, 5.41) is 9.92. The van der Waals surface area contributed by atoms with Crippen LogP contribution in [0.1, 0.15) is 18.5 Å². The zero-order chi connectivity index (χ0) is 19.3. The summed E-state index contributed by atoms with van der Waals surface area (Å²) in [4.78, 5) is 28.6. The van der Waals surface area contributed by atoms with Crippen molar-refractivity contribution in [2.24, 2.45) is 7.05 Å². The molecule has 136 valence electrons. The summed E-state index contributed by atoms with van der Waals surface area (Å²) in [7, 11) is 1.63. The highest BCUT2D eigenvalue weighted by atomic mass is 19.1. The molecule has 0 aliphatic heterocycles. The minimum absolute atomic E-state index is 0.238. The molecule has 4 rings (SSSR count). The molecule has 0 amide bonds. The van der Waals surface area contributed by atoms with Crippen LogP contribution in [0.4, 0.5) is 4.39 Å². The SMILES string of the molecule is CC(C(=O)O)c1ccc(-c2cc3cc(F)ccc3n(C)c2=O)c2nccn12. The molecular weight excluding hydrogens is 349 g/mol. The number of fused-ring (bicyclic) bond motifs is 2. The number of aliphatic carboxylic acids is 1. The van der Waals surface area contributed by atoms with Crippen LogP contribution >= 0.6 is 0 Å². The fraction of sp³-hybridized carbons (Fsp3) is 0.150. The van der Waals surface area contributed by atoms with E-state index in [0.29, 0.717) is 33.4 Å². The number of benzene rings is 1. The van der Waals surface area contributed by atoms with Gasteiger partial charge in [-0.25, -0.2) is 9.37 Å². The normalized spacial score (nSPS) is 12.6. The summed E-state index contributed by atoms with van der Waals surface area (Å²) in [5.41, 5.74) is 2.36. The lowest BCUT2D eigenvalue weighted by molar-refractivity contribution is -0.138. The van der Waals surface area contributed by atoms with Gasteiger partial charge in [-0.3, -0.25) is 9.59 Å². The Labute approximate surface area is 153 Å². The number of nitrogens with zero attached hydrogens (tertiary/aromatic N) is 3. The second-order valence-corrected chi connectivity index (χ2v) is 6.48. The van der Waals surface area contributed by atoms with Crippen LogP contribution in [0.25, 0.3) is 27.7 Å². The van der Waals surface area contributed by atoms with Crippen molar-refractivity contribution in [3.05, 3.63) is 70.7 Å². The van der Waals surface area contributed by atoms with Crippen LogP contribution < -0.4 is 5.56 Å². The minimum Gasteiger partial charge on any atom is -0.481 e. The maximum Gasteiger partial charge on any atom is 0.312 e. The van der Waals surface area contributed by atoms with Crippen molar-refractivity contribution in [3.63, 3.8) is 0 Å². The van der Waals surface area contributed by atoms with E-state index in [1.807, 2.05) is 0 Å². The number of hydrogen-bond donors (Lipinski definition) is 1. The maximum atomic E-state index is 13.7. The Morgan fingerprint density at radius 3 is 2.70 bits per heavy atom. The first-order valence-corrected chi connectivity index (χ1v) is 8.37. The van der Waals surface area contributed by atoms with Gasteiger partial charge in [-0.2, -0.15) is 0 Å². The van der Waals surface area contributed by atoms with Gasteiger partial charge in [0.25, 0.3) is 5.56 Å². The number of aromatic nitrogens is 3. The first-order valence-electron chi connectivity index (χ1n) is 8.37. The smallest absolute Gasteiger partial charge is 0.312 e. The Kier molecular flexibility index (Phi) is 3.80. The number of halogens is 1.